The van der Waals surface area contributed by atoms with Crippen molar-refractivity contribution in [1.82, 2.24) is 5.32 Å². The molecule has 0 unspecified atom stereocenters. The van der Waals surface area contributed by atoms with Crippen LogP contribution in [0.3, 0.4) is 0 Å². The van der Waals surface area contributed by atoms with Gasteiger partial charge in [-0.15, -0.1) is 0 Å². The maximum absolute atomic E-state index is 12.4. The third-order valence-electron chi connectivity index (χ3n) is 4.30. The number of rotatable bonds is 5. The van der Waals surface area contributed by atoms with E-state index in [1.807, 2.05) is 30.3 Å². The van der Waals surface area contributed by atoms with Gasteiger partial charge in [0.1, 0.15) is 0 Å². The molecule has 110 valence electrons. The molecule has 2 atom stereocenters. The van der Waals surface area contributed by atoms with Gasteiger partial charge in [-0.2, -0.15) is 0 Å². The van der Waals surface area contributed by atoms with Crippen molar-refractivity contribution in [2.24, 2.45) is 5.92 Å². The Morgan fingerprint density at radius 2 is 1.85 bits per heavy atom. The fraction of sp³-hybridized carbons (Fsp3) is 0.588. The van der Waals surface area contributed by atoms with Gasteiger partial charge in [0.25, 0.3) is 5.91 Å². The lowest BCUT2D eigenvalue weighted by molar-refractivity contribution is -0.132. The van der Waals surface area contributed by atoms with Gasteiger partial charge in [-0.05, 0) is 31.2 Å². The Bertz CT molecular complexity index is 412. The van der Waals surface area contributed by atoms with Gasteiger partial charge >= 0.3 is 0 Å². The van der Waals surface area contributed by atoms with E-state index >= 15 is 0 Å². The highest BCUT2D eigenvalue weighted by atomic mass is 16.5. The van der Waals surface area contributed by atoms with Crippen LogP contribution < -0.4 is 5.32 Å². The average molecular weight is 275 g/mol. The predicted molar refractivity (Wildman–Crippen MR) is 80.4 cm³/mol. The Balaban J connectivity index is 1.95. The van der Waals surface area contributed by atoms with Crippen LogP contribution in [0.25, 0.3) is 0 Å². The molecule has 1 aromatic rings. The highest BCUT2D eigenvalue weighted by Crippen LogP contribution is 2.27. The van der Waals surface area contributed by atoms with E-state index in [9.17, 15) is 4.79 Å². The highest BCUT2D eigenvalue weighted by Gasteiger charge is 2.25. The lowest BCUT2D eigenvalue weighted by Crippen LogP contribution is -2.41. The van der Waals surface area contributed by atoms with Gasteiger partial charge in [0.2, 0.25) is 0 Å². The van der Waals surface area contributed by atoms with Crippen LogP contribution in [0.2, 0.25) is 0 Å². The molecule has 0 radical (unpaired) electrons. The summed E-state index contributed by atoms with van der Waals surface area (Å²) in [6.07, 6.45) is 5.85. The lowest BCUT2D eigenvalue weighted by atomic mass is 9.84. The molecule has 2 rings (SSSR count). The second-order valence-electron chi connectivity index (χ2n) is 5.72. The van der Waals surface area contributed by atoms with Crippen molar-refractivity contribution in [2.45, 2.75) is 51.2 Å². The summed E-state index contributed by atoms with van der Waals surface area (Å²) >= 11 is 0. The molecule has 1 aromatic carbocycles. The molecule has 1 aliphatic carbocycles. The molecule has 1 saturated carbocycles. The summed E-state index contributed by atoms with van der Waals surface area (Å²) in [4.78, 5) is 12.4. The van der Waals surface area contributed by atoms with Crippen LogP contribution in [0.4, 0.5) is 0 Å². The summed E-state index contributed by atoms with van der Waals surface area (Å²) < 4.78 is 5.37. The first kappa shape index (κ1) is 15.0. The van der Waals surface area contributed by atoms with Crippen molar-refractivity contribution in [3.63, 3.8) is 0 Å². The zero-order valence-electron chi connectivity index (χ0n) is 12.5. The van der Waals surface area contributed by atoms with Gasteiger partial charge in [-0.1, -0.05) is 49.6 Å². The van der Waals surface area contributed by atoms with Crippen molar-refractivity contribution in [1.29, 1.82) is 0 Å². The van der Waals surface area contributed by atoms with Crippen LogP contribution in [-0.4, -0.2) is 19.1 Å². The van der Waals surface area contributed by atoms with Gasteiger partial charge in [-0.3, -0.25) is 4.79 Å². The molecule has 0 aromatic heterocycles. The van der Waals surface area contributed by atoms with Crippen LogP contribution in [-0.2, 0) is 9.53 Å². The summed E-state index contributed by atoms with van der Waals surface area (Å²) in [6, 6.07) is 9.89. The molecule has 0 saturated heterocycles. The number of hydrogen-bond donors (Lipinski definition) is 1. The first-order valence-electron chi connectivity index (χ1n) is 7.60. The monoisotopic (exact) mass is 275 g/mol. The minimum absolute atomic E-state index is 0.0308. The van der Waals surface area contributed by atoms with Crippen LogP contribution in [0.15, 0.2) is 30.3 Å². The molecule has 0 bridgehead atoms. The fourth-order valence-electron chi connectivity index (χ4n) is 3.07. The number of benzene rings is 1. The van der Waals surface area contributed by atoms with Crippen molar-refractivity contribution in [3.05, 3.63) is 35.9 Å². The maximum Gasteiger partial charge on any atom is 0.253 e. The summed E-state index contributed by atoms with van der Waals surface area (Å²) in [7, 11) is 1.59. The number of ether oxygens (including phenoxy) is 1. The Hall–Kier alpha value is -1.35. The maximum atomic E-state index is 12.4. The third-order valence-corrected chi connectivity index (χ3v) is 4.30. The molecule has 0 heterocycles. The minimum Gasteiger partial charge on any atom is -0.367 e. The second-order valence-corrected chi connectivity index (χ2v) is 5.72. The number of carbonyl (C=O) groups is 1. The van der Waals surface area contributed by atoms with E-state index in [1.165, 1.54) is 32.1 Å². The van der Waals surface area contributed by atoms with E-state index in [-0.39, 0.29) is 11.9 Å². The van der Waals surface area contributed by atoms with E-state index < -0.39 is 6.10 Å². The summed E-state index contributed by atoms with van der Waals surface area (Å²) in [5.74, 6) is 0.581. The molecule has 0 aliphatic heterocycles. The Morgan fingerprint density at radius 1 is 1.20 bits per heavy atom. The fourth-order valence-corrected chi connectivity index (χ4v) is 3.07. The van der Waals surface area contributed by atoms with E-state index in [4.69, 9.17) is 4.74 Å². The van der Waals surface area contributed by atoms with Gasteiger partial charge in [0, 0.05) is 13.2 Å². The predicted octanol–water partition coefficient (Wildman–Crippen LogP) is 3.46. The quantitative estimate of drug-likeness (QED) is 0.893. The van der Waals surface area contributed by atoms with E-state index in [0.29, 0.717) is 5.92 Å². The van der Waals surface area contributed by atoms with Gasteiger partial charge in [-0.25, -0.2) is 0 Å². The SMILES string of the molecule is CO[C@@H](C(=O)N[C@H](C)C1CCCCC1)c1ccccc1. The van der Waals surface area contributed by atoms with Gasteiger partial charge in [0.15, 0.2) is 6.10 Å². The molecule has 3 heteroatoms. The number of amides is 1. The zero-order chi connectivity index (χ0) is 14.4. The smallest absolute Gasteiger partial charge is 0.253 e. The summed E-state index contributed by atoms with van der Waals surface area (Å²) in [6.45, 7) is 2.12. The van der Waals surface area contributed by atoms with Crippen molar-refractivity contribution in [3.8, 4) is 0 Å². The molecular weight excluding hydrogens is 250 g/mol. The number of nitrogens with one attached hydrogen (secondary N) is 1. The molecule has 0 spiro atoms. The van der Waals surface area contributed by atoms with E-state index in [0.717, 1.165) is 5.56 Å². The molecule has 1 amide bonds. The topological polar surface area (TPSA) is 38.3 Å². The Labute approximate surface area is 121 Å². The van der Waals surface area contributed by atoms with Crippen LogP contribution in [0.5, 0.6) is 0 Å². The van der Waals surface area contributed by atoms with Crippen molar-refractivity contribution >= 4 is 5.91 Å². The summed E-state index contributed by atoms with van der Waals surface area (Å²) in [5, 5.41) is 3.14. The molecule has 1 N–H and O–H groups in total. The van der Waals surface area contributed by atoms with Crippen molar-refractivity contribution in [2.75, 3.05) is 7.11 Å². The number of hydrogen-bond acceptors (Lipinski definition) is 2. The van der Waals surface area contributed by atoms with E-state index in [1.54, 1.807) is 7.11 Å². The average Bonchev–Trinajstić information content (AvgIpc) is 2.50. The Kier molecular flexibility index (Phi) is 5.60. The normalized spacial score (nSPS) is 19.3. The standard InChI is InChI=1S/C17H25NO2/c1-13(14-9-5-3-6-10-14)18-17(19)16(20-2)15-11-7-4-8-12-15/h4,7-8,11-14,16H,3,5-6,9-10H2,1-2H3,(H,18,19)/t13-,16-/m1/s1. The van der Waals surface area contributed by atoms with Crippen molar-refractivity contribution < 1.29 is 9.53 Å². The molecule has 3 nitrogen and oxygen atoms in total. The van der Waals surface area contributed by atoms with Crippen LogP contribution >= 0.6 is 0 Å². The molecular formula is C17H25NO2. The molecule has 1 aliphatic rings. The number of methoxy groups -OCH3 is 1. The van der Waals surface area contributed by atoms with Gasteiger partial charge < -0.3 is 10.1 Å². The molecule has 20 heavy (non-hydrogen) atoms. The highest BCUT2D eigenvalue weighted by molar-refractivity contribution is 5.82. The third kappa shape index (κ3) is 3.83. The first-order chi connectivity index (χ1) is 9.72. The van der Waals surface area contributed by atoms with Crippen LogP contribution in [0, 0.1) is 5.92 Å². The second kappa shape index (κ2) is 7.44. The van der Waals surface area contributed by atoms with E-state index in [2.05, 4.69) is 12.2 Å². The number of carbonyl (C=O) groups excluding carboxylic acids is 1. The lowest BCUT2D eigenvalue weighted by Gasteiger charge is -2.29. The van der Waals surface area contributed by atoms with Crippen LogP contribution in [0.1, 0.15) is 50.7 Å². The summed E-state index contributed by atoms with van der Waals surface area (Å²) in [5.41, 5.74) is 0.906. The molecule has 1 fully saturated rings. The Morgan fingerprint density at radius 3 is 2.45 bits per heavy atom. The minimum atomic E-state index is -0.512. The first-order valence-corrected chi connectivity index (χ1v) is 7.60. The largest absolute Gasteiger partial charge is 0.367 e. The van der Waals surface area contributed by atoms with Gasteiger partial charge in [0.05, 0.1) is 0 Å². The zero-order valence-corrected chi connectivity index (χ0v) is 12.5.